The first kappa shape index (κ1) is 17.8. The van der Waals surface area contributed by atoms with Crippen LogP contribution in [0, 0.1) is 0 Å². The third kappa shape index (κ3) is 3.92. The second-order valence-corrected chi connectivity index (χ2v) is 8.46. The molecule has 0 bridgehead atoms. The van der Waals surface area contributed by atoms with E-state index in [4.69, 9.17) is 0 Å². The third-order valence-electron chi connectivity index (χ3n) is 3.73. The predicted octanol–water partition coefficient (Wildman–Crippen LogP) is 5.62. The summed E-state index contributed by atoms with van der Waals surface area (Å²) in [5, 5.41) is 7.97. The van der Waals surface area contributed by atoms with Gasteiger partial charge in [-0.15, -0.1) is 11.3 Å². The lowest BCUT2D eigenvalue weighted by atomic mass is 10.1. The van der Waals surface area contributed by atoms with E-state index in [2.05, 4.69) is 31.5 Å². The molecule has 0 spiro atoms. The summed E-state index contributed by atoms with van der Waals surface area (Å²) in [7, 11) is 0. The molecule has 2 aromatic heterocycles. The SMILES string of the molecule is O=C(Nc1ccc(Br)cc1C(=O)Nc1nc2ccccc2s1)c1cccs1. The Hall–Kier alpha value is -2.55. The van der Waals surface area contributed by atoms with E-state index in [1.54, 1.807) is 24.3 Å². The Morgan fingerprint density at radius 2 is 1.81 bits per heavy atom. The summed E-state index contributed by atoms with van der Waals surface area (Å²) in [5.74, 6) is -0.585. The molecule has 0 aliphatic carbocycles. The monoisotopic (exact) mass is 457 g/mol. The van der Waals surface area contributed by atoms with Gasteiger partial charge in [0.25, 0.3) is 11.8 Å². The molecule has 4 rings (SSSR count). The molecule has 8 heteroatoms. The van der Waals surface area contributed by atoms with Crippen LogP contribution in [0.15, 0.2) is 64.5 Å². The van der Waals surface area contributed by atoms with Crippen molar-refractivity contribution in [2.45, 2.75) is 0 Å². The van der Waals surface area contributed by atoms with Gasteiger partial charge in [-0.25, -0.2) is 4.98 Å². The fourth-order valence-electron chi connectivity index (χ4n) is 2.50. The molecule has 2 aromatic carbocycles. The van der Waals surface area contributed by atoms with Gasteiger partial charge in [0.2, 0.25) is 0 Å². The Labute approximate surface area is 171 Å². The number of anilines is 2. The van der Waals surface area contributed by atoms with Crippen molar-refractivity contribution >= 4 is 71.5 Å². The lowest BCUT2D eigenvalue weighted by Gasteiger charge is -2.10. The highest BCUT2D eigenvalue weighted by Crippen LogP contribution is 2.28. The van der Waals surface area contributed by atoms with Gasteiger partial charge in [-0.05, 0) is 41.8 Å². The van der Waals surface area contributed by atoms with E-state index in [1.165, 1.54) is 22.7 Å². The molecule has 0 atom stereocenters. The second kappa shape index (κ2) is 7.59. The first-order chi connectivity index (χ1) is 13.1. The van der Waals surface area contributed by atoms with Crippen molar-refractivity contribution in [1.29, 1.82) is 0 Å². The van der Waals surface area contributed by atoms with Crippen molar-refractivity contribution in [3.05, 3.63) is 74.9 Å². The molecular formula is C19H12BrN3O2S2. The van der Waals surface area contributed by atoms with Crippen LogP contribution in [0.1, 0.15) is 20.0 Å². The summed E-state index contributed by atoms with van der Waals surface area (Å²) in [6.07, 6.45) is 0. The molecule has 0 unspecified atom stereocenters. The number of halogens is 1. The van der Waals surface area contributed by atoms with E-state index < -0.39 is 0 Å². The lowest BCUT2D eigenvalue weighted by Crippen LogP contribution is -2.17. The number of benzene rings is 2. The van der Waals surface area contributed by atoms with Gasteiger partial charge in [0.15, 0.2) is 5.13 Å². The summed E-state index contributed by atoms with van der Waals surface area (Å²) in [6.45, 7) is 0. The number of hydrogen-bond donors (Lipinski definition) is 2. The van der Waals surface area contributed by atoms with Gasteiger partial charge in [-0.3, -0.25) is 14.9 Å². The Morgan fingerprint density at radius 1 is 0.963 bits per heavy atom. The van der Waals surface area contributed by atoms with E-state index in [0.29, 0.717) is 21.3 Å². The smallest absolute Gasteiger partial charge is 0.265 e. The normalized spacial score (nSPS) is 10.7. The molecule has 0 aliphatic heterocycles. The number of thiophene rings is 1. The van der Waals surface area contributed by atoms with Crippen LogP contribution >= 0.6 is 38.6 Å². The Balaban J connectivity index is 1.60. The van der Waals surface area contributed by atoms with Gasteiger partial charge in [0, 0.05) is 4.47 Å². The minimum Gasteiger partial charge on any atom is -0.321 e. The molecule has 0 radical (unpaired) electrons. The minimum absolute atomic E-state index is 0.249. The summed E-state index contributed by atoms with van der Waals surface area (Å²) in [4.78, 5) is 30.2. The topological polar surface area (TPSA) is 71.1 Å². The molecule has 2 N–H and O–H groups in total. The van der Waals surface area contributed by atoms with Crippen LogP contribution in [0.3, 0.4) is 0 Å². The van der Waals surface area contributed by atoms with Crippen molar-refractivity contribution in [3.63, 3.8) is 0 Å². The zero-order valence-corrected chi connectivity index (χ0v) is 17.0. The van der Waals surface area contributed by atoms with Crippen molar-refractivity contribution in [2.24, 2.45) is 0 Å². The molecule has 0 aliphatic rings. The van der Waals surface area contributed by atoms with Gasteiger partial charge < -0.3 is 5.32 Å². The summed E-state index contributed by atoms with van der Waals surface area (Å²) in [5.41, 5.74) is 1.63. The second-order valence-electron chi connectivity index (χ2n) is 5.56. The van der Waals surface area contributed by atoms with Gasteiger partial charge in [-0.2, -0.15) is 0 Å². The average molecular weight is 458 g/mol. The maximum absolute atomic E-state index is 12.8. The number of nitrogens with one attached hydrogen (secondary N) is 2. The maximum Gasteiger partial charge on any atom is 0.265 e. The van der Waals surface area contributed by atoms with Crippen LogP contribution in [0.25, 0.3) is 10.2 Å². The quantitative estimate of drug-likeness (QED) is 0.417. The average Bonchev–Trinajstić information content (AvgIpc) is 3.32. The summed E-state index contributed by atoms with van der Waals surface area (Å²) < 4.78 is 1.74. The standard InChI is InChI=1S/C19H12BrN3O2S2/c20-11-7-8-13(21-18(25)16-6-3-9-26-16)12(10-11)17(24)23-19-22-14-4-1-2-5-15(14)27-19/h1-10H,(H,21,25)(H,22,23,24). The Kier molecular flexibility index (Phi) is 5.02. The molecule has 0 saturated heterocycles. The maximum atomic E-state index is 12.8. The first-order valence-electron chi connectivity index (χ1n) is 7.91. The number of carbonyl (C=O) groups is 2. The van der Waals surface area contributed by atoms with Crippen LogP contribution in [-0.2, 0) is 0 Å². The number of fused-ring (bicyclic) bond motifs is 1. The van der Waals surface area contributed by atoms with Crippen LogP contribution in [0.2, 0.25) is 0 Å². The molecule has 0 saturated carbocycles. The molecule has 4 aromatic rings. The summed E-state index contributed by atoms with van der Waals surface area (Å²) in [6, 6.07) is 16.4. The molecule has 0 fully saturated rings. The van der Waals surface area contributed by atoms with E-state index >= 15 is 0 Å². The van der Waals surface area contributed by atoms with Crippen molar-refractivity contribution in [3.8, 4) is 0 Å². The number of amides is 2. The molecule has 134 valence electrons. The van der Waals surface area contributed by atoms with Gasteiger partial charge in [0.1, 0.15) is 0 Å². The van der Waals surface area contributed by atoms with Crippen molar-refractivity contribution in [1.82, 2.24) is 4.98 Å². The highest BCUT2D eigenvalue weighted by molar-refractivity contribution is 9.10. The molecule has 5 nitrogen and oxygen atoms in total. The number of aromatic nitrogens is 1. The van der Waals surface area contributed by atoms with Crippen molar-refractivity contribution in [2.75, 3.05) is 10.6 Å². The van der Waals surface area contributed by atoms with Gasteiger partial charge >= 0.3 is 0 Å². The van der Waals surface area contributed by atoms with E-state index in [9.17, 15) is 9.59 Å². The first-order valence-corrected chi connectivity index (χ1v) is 10.4. The van der Waals surface area contributed by atoms with Crippen LogP contribution in [-0.4, -0.2) is 16.8 Å². The van der Waals surface area contributed by atoms with Crippen LogP contribution in [0.4, 0.5) is 10.8 Å². The number of nitrogens with zero attached hydrogens (tertiary/aromatic N) is 1. The zero-order chi connectivity index (χ0) is 18.8. The number of para-hydroxylation sites is 1. The zero-order valence-electron chi connectivity index (χ0n) is 13.7. The Morgan fingerprint density at radius 3 is 2.59 bits per heavy atom. The van der Waals surface area contributed by atoms with Crippen LogP contribution in [0.5, 0.6) is 0 Å². The number of thiazole rings is 1. The predicted molar refractivity (Wildman–Crippen MR) is 114 cm³/mol. The van der Waals surface area contributed by atoms with E-state index in [1.807, 2.05) is 35.7 Å². The highest BCUT2D eigenvalue weighted by atomic mass is 79.9. The number of carbonyl (C=O) groups excluding carboxylic acids is 2. The molecule has 2 amide bonds. The largest absolute Gasteiger partial charge is 0.321 e. The van der Waals surface area contributed by atoms with Gasteiger partial charge in [-0.1, -0.05) is 45.5 Å². The number of rotatable bonds is 4. The fourth-order valence-corrected chi connectivity index (χ4v) is 4.34. The lowest BCUT2D eigenvalue weighted by molar-refractivity contribution is 0.102. The van der Waals surface area contributed by atoms with E-state index in [-0.39, 0.29) is 11.8 Å². The molecule has 27 heavy (non-hydrogen) atoms. The van der Waals surface area contributed by atoms with E-state index in [0.717, 1.165) is 14.7 Å². The van der Waals surface area contributed by atoms with Crippen molar-refractivity contribution < 1.29 is 9.59 Å². The van der Waals surface area contributed by atoms with Crippen LogP contribution < -0.4 is 10.6 Å². The van der Waals surface area contributed by atoms with Gasteiger partial charge in [0.05, 0.1) is 26.3 Å². The third-order valence-corrected chi connectivity index (χ3v) is 6.05. The highest BCUT2D eigenvalue weighted by Gasteiger charge is 2.17. The minimum atomic E-state index is -0.336. The molecule has 2 heterocycles. The Bertz CT molecular complexity index is 1110. The molecular weight excluding hydrogens is 446 g/mol. The summed E-state index contributed by atoms with van der Waals surface area (Å²) >= 11 is 6.12. The number of hydrogen-bond acceptors (Lipinski definition) is 5. The fraction of sp³-hybridized carbons (Fsp3) is 0.